The van der Waals surface area contributed by atoms with Crippen molar-refractivity contribution in [3.8, 4) is 0 Å². The summed E-state index contributed by atoms with van der Waals surface area (Å²) in [5.41, 5.74) is 0.117. The third kappa shape index (κ3) is 3.37. The second-order valence-electron chi connectivity index (χ2n) is 6.77. The van der Waals surface area contributed by atoms with E-state index >= 15 is 0 Å². The number of amides is 2. The predicted octanol–water partition coefficient (Wildman–Crippen LogP) is 1.77. The Kier molecular flexibility index (Phi) is 4.73. The van der Waals surface area contributed by atoms with E-state index < -0.39 is 5.66 Å². The zero-order valence-electron chi connectivity index (χ0n) is 15.1. The number of hydrogen-bond acceptors (Lipinski definition) is 6. The van der Waals surface area contributed by atoms with Crippen molar-refractivity contribution in [2.75, 3.05) is 30.8 Å². The van der Waals surface area contributed by atoms with Gasteiger partial charge in [0.05, 0.1) is 11.3 Å². The van der Waals surface area contributed by atoms with E-state index in [1.165, 1.54) is 11.8 Å². The highest BCUT2D eigenvalue weighted by molar-refractivity contribution is 8.00. The maximum absolute atomic E-state index is 12.6. The fourth-order valence-electron chi connectivity index (χ4n) is 3.66. The highest BCUT2D eigenvalue weighted by Crippen LogP contribution is 2.34. The summed E-state index contributed by atoms with van der Waals surface area (Å²) in [5, 5.41) is 3.15. The summed E-state index contributed by atoms with van der Waals surface area (Å²) in [6.45, 7) is 1.23. The Balaban J connectivity index is 1.40. The molecule has 1 fully saturated rings. The van der Waals surface area contributed by atoms with E-state index in [1.807, 2.05) is 24.1 Å². The van der Waals surface area contributed by atoms with Gasteiger partial charge >= 0.3 is 0 Å². The van der Waals surface area contributed by atoms with Gasteiger partial charge < -0.3 is 15.1 Å². The number of hydrogen-bond donors (Lipinski definition) is 1. The number of nitrogens with zero attached hydrogens (tertiary/aromatic N) is 4. The lowest BCUT2D eigenvalue weighted by Gasteiger charge is -2.50. The smallest absolute Gasteiger partial charge is 0.256 e. The zero-order valence-corrected chi connectivity index (χ0v) is 15.9. The van der Waals surface area contributed by atoms with Crippen molar-refractivity contribution in [1.82, 2.24) is 20.2 Å². The molecule has 2 aliphatic rings. The second kappa shape index (κ2) is 7.19. The maximum atomic E-state index is 12.6. The molecule has 0 atom stereocenters. The van der Waals surface area contributed by atoms with Crippen molar-refractivity contribution in [2.45, 2.75) is 23.4 Å². The van der Waals surface area contributed by atoms with Gasteiger partial charge in [-0.05, 0) is 24.3 Å². The molecule has 27 heavy (non-hydrogen) atoms. The minimum absolute atomic E-state index is 0.0933. The van der Waals surface area contributed by atoms with Crippen molar-refractivity contribution in [1.29, 1.82) is 0 Å². The Bertz CT molecular complexity index is 852. The predicted molar refractivity (Wildman–Crippen MR) is 104 cm³/mol. The molecule has 4 heterocycles. The molecular formula is C19H21N5O2S. The minimum Gasteiger partial charge on any atom is -0.342 e. The first-order valence-electron chi connectivity index (χ1n) is 8.91. The highest BCUT2D eigenvalue weighted by atomic mass is 32.2. The van der Waals surface area contributed by atoms with Gasteiger partial charge in [-0.1, -0.05) is 0 Å². The largest absolute Gasteiger partial charge is 0.342 e. The number of likely N-dealkylation sites (tertiary alicyclic amines) is 1. The van der Waals surface area contributed by atoms with Crippen LogP contribution in [0.25, 0.3) is 0 Å². The first-order valence-corrected chi connectivity index (χ1v) is 9.90. The first kappa shape index (κ1) is 17.8. The Morgan fingerprint density at radius 1 is 1.22 bits per heavy atom. The topological polar surface area (TPSA) is 78.4 Å². The molecule has 0 saturated carbocycles. The number of anilines is 1. The van der Waals surface area contributed by atoms with Crippen LogP contribution in [0.5, 0.6) is 0 Å². The van der Waals surface area contributed by atoms with E-state index in [2.05, 4.69) is 20.2 Å². The molecule has 2 amide bonds. The Morgan fingerprint density at radius 3 is 2.70 bits per heavy atom. The molecular weight excluding hydrogens is 362 g/mol. The van der Waals surface area contributed by atoms with Crippen LogP contribution in [0.4, 0.5) is 5.82 Å². The van der Waals surface area contributed by atoms with Gasteiger partial charge in [0.25, 0.3) is 5.91 Å². The Morgan fingerprint density at radius 2 is 1.96 bits per heavy atom. The summed E-state index contributed by atoms with van der Waals surface area (Å²) in [7, 11) is 1.96. The molecule has 2 aromatic rings. The molecule has 0 aliphatic carbocycles. The number of fused-ring (bicyclic) bond motifs is 1. The van der Waals surface area contributed by atoms with E-state index in [0.29, 0.717) is 43.1 Å². The third-order valence-corrected chi connectivity index (χ3v) is 6.29. The molecule has 0 aromatic carbocycles. The Hall–Kier alpha value is -2.61. The van der Waals surface area contributed by atoms with Crippen LogP contribution in [0.3, 0.4) is 0 Å². The van der Waals surface area contributed by atoms with Crippen LogP contribution in [0.1, 0.15) is 23.2 Å². The van der Waals surface area contributed by atoms with Crippen LogP contribution < -0.4 is 10.2 Å². The van der Waals surface area contributed by atoms with E-state index in [9.17, 15) is 9.59 Å². The molecule has 7 nitrogen and oxygen atoms in total. The van der Waals surface area contributed by atoms with Gasteiger partial charge in [0, 0.05) is 56.5 Å². The van der Waals surface area contributed by atoms with Crippen LogP contribution in [-0.2, 0) is 4.79 Å². The number of pyridine rings is 2. The molecule has 0 radical (unpaired) electrons. The summed E-state index contributed by atoms with van der Waals surface area (Å²) < 4.78 is 0. The van der Waals surface area contributed by atoms with Gasteiger partial charge in [0.15, 0.2) is 0 Å². The average Bonchev–Trinajstić information content (AvgIpc) is 2.72. The molecule has 8 heteroatoms. The lowest BCUT2D eigenvalue weighted by Crippen LogP contribution is -2.67. The van der Waals surface area contributed by atoms with Gasteiger partial charge in [0.1, 0.15) is 11.5 Å². The molecule has 1 spiro atoms. The summed E-state index contributed by atoms with van der Waals surface area (Å²) in [6, 6.07) is 7.36. The molecule has 2 aromatic heterocycles. The first-order chi connectivity index (χ1) is 13.1. The highest BCUT2D eigenvalue weighted by Gasteiger charge is 2.45. The average molecular weight is 383 g/mol. The second-order valence-corrected chi connectivity index (χ2v) is 7.82. The normalized spacial score (nSPS) is 18.2. The van der Waals surface area contributed by atoms with Crippen molar-refractivity contribution in [3.63, 3.8) is 0 Å². The SMILES string of the molecule is CN1c2ncccc2C(=O)NC12CCN(C(=O)CSc1ccncc1)CC2. The van der Waals surface area contributed by atoms with Gasteiger partial charge in [-0.15, -0.1) is 11.8 Å². The number of aromatic nitrogens is 2. The summed E-state index contributed by atoms with van der Waals surface area (Å²) >= 11 is 1.52. The number of carbonyl (C=O) groups excluding carboxylic acids is 2. The van der Waals surface area contributed by atoms with E-state index in [1.54, 1.807) is 30.7 Å². The zero-order chi connectivity index (χ0) is 18.9. The summed E-state index contributed by atoms with van der Waals surface area (Å²) in [5.74, 6) is 1.14. The van der Waals surface area contributed by atoms with Crippen LogP contribution in [-0.4, -0.2) is 58.2 Å². The lowest BCUT2D eigenvalue weighted by atomic mass is 9.91. The van der Waals surface area contributed by atoms with Crippen LogP contribution in [0.2, 0.25) is 0 Å². The van der Waals surface area contributed by atoms with E-state index in [4.69, 9.17) is 0 Å². The monoisotopic (exact) mass is 383 g/mol. The van der Waals surface area contributed by atoms with Crippen LogP contribution in [0, 0.1) is 0 Å². The van der Waals surface area contributed by atoms with E-state index in [0.717, 1.165) is 4.90 Å². The van der Waals surface area contributed by atoms with Crippen molar-refractivity contribution in [2.24, 2.45) is 0 Å². The fraction of sp³-hybridized carbons (Fsp3) is 0.368. The molecule has 1 N–H and O–H groups in total. The molecule has 0 bridgehead atoms. The maximum Gasteiger partial charge on any atom is 0.256 e. The number of thioether (sulfide) groups is 1. The summed E-state index contributed by atoms with van der Waals surface area (Å²) in [6.07, 6.45) is 6.51. The molecule has 0 unspecified atom stereocenters. The van der Waals surface area contributed by atoms with Crippen molar-refractivity contribution < 1.29 is 9.59 Å². The number of carbonyl (C=O) groups is 2. The fourth-order valence-corrected chi connectivity index (χ4v) is 4.45. The number of nitrogens with one attached hydrogen (secondary N) is 1. The molecule has 1 saturated heterocycles. The van der Waals surface area contributed by atoms with Crippen LogP contribution >= 0.6 is 11.8 Å². The van der Waals surface area contributed by atoms with Gasteiger partial charge in [-0.3, -0.25) is 14.6 Å². The molecule has 140 valence electrons. The molecule has 2 aliphatic heterocycles. The van der Waals surface area contributed by atoms with Gasteiger partial charge in [-0.25, -0.2) is 4.98 Å². The number of rotatable bonds is 3. The van der Waals surface area contributed by atoms with Crippen molar-refractivity contribution in [3.05, 3.63) is 48.4 Å². The Labute approximate surface area is 162 Å². The standard InChI is InChI=1S/C19H21N5O2S/c1-23-17-15(3-2-8-21-17)18(26)22-19(23)6-11-24(12-7-19)16(25)13-27-14-4-9-20-10-5-14/h2-5,8-10H,6-7,11-13H2,1H3,(H,22,26). The lowest BCUT2D eigenvalue weighted by molar-refractivity contribution is -0.130. The number of piperidine rings is 1. The van der Waals surface area contributed by atoms with E-state index in [-0.39, 0.29) is 11.8 Å². The van der Waals surface area contributed by atoms with Crippen LogP contribution in [0.15, 0.2) is 47.8 Å². The van der Waals surface area contributed by atoms with Gasteiger partial charge in [-0.2, -0.15) is 0 Å². The summed E-state index contributed by atoms with van der Waals surface area (Å²) in [4.78, 5) is 38.4. The third-order valence-electron chi connectivity index (χ3n) is 5.29. The van der Waals surface area contributed by atoms with Gasteiger partial charge in [0.2, 0.25) is 5.91 Å². The van der Waals surface area contributed by atoms with Crippen molar-refractivity contribution >= 4 is 29.4 Å². The molecule has 4 rings (SSSR count). The minimum atomic E-state index is -0.479. The quantitative estimate of drug-likeness (QED) is 0.814.